The molecule has 0 radical (unpaired) electrons. The Hall–Kier alpha value is -6.67. The highest BCUT2D eigenvalue weighted by Crippen LogP contribution is 2.38. The molecule has 5 aromatic carbocycles. The molecular weight excluding hydrogens is 619 g/mol. The molecule has 2 N–H and O–H groups in total. The third kappa shape index (κ3) is 7.10. The predicted octanol–water partition coefficient (Wildman–Crippen LogP) is 9.64. The zero-order chi connectivity index (χ0) is 34.1. The minimum Gasteiger partial charge on any atom is -0.380 e. The third-order valence-corrected chi connectivity index (χ3v) is 8.11. The molecule has 50 heavy (non-hydrogen) atoms. The van der Waals surface area contributed by atoms with Gasteiger partial charge in [0.15, 0.2) is 11.7 Å². The number of aromatic nitrogens is 3. The highest BCUT2D eigenvalue weighted by molar-refractivity contribution is 6.10. The van der Waals surface area contributed by atoms with E-state index in [2.05, 4.69) is 46.6 Å². The van der Waals surface area contributed by atoms with Crippen LogP contribution in [-0.4, -0.2) is 27.3 Å². The number of hydrogen-bond acceptors (Lipinski definition) is 6. The van der Waals surface area contributed by atoms with E-state index in [9.17, 15) is 0 Å². The number of nitrogens with zero attached hydrogens (tertiary/aromatic N) is 5. The standard InChI is InChI=1S/C42H37N7O/c1-3-28-43-38-26-16-17-27-39(38)44-41(33-20-10-5-11-21-33)45-49(36-24-14-7-15-25-36)42-37(30-34-29-31(2)50-47-34)40(32-18-8-4-9-19-32)48(46-42)35-22-12-6-13-23-35/h3-27,29,43H,1,28,30H2,2H3,(H,44,45). The van der Waals surface area contributed by atoms with E-state index in [1.807, 2.05) is 150 Å². The molecule has 0 aliphatic rings. The van der Waals surface area contributed by atoms with Crippen LogP contribution < -0.4 is 15.6 Å². The fourth-order valence-electron chi connectivity index (χ4n) is 5.81. The quantitative estimate of drug-likeness (QED) is 0.0590. The molecule has 2 heterocycles. The summed E-state index contributed by atoms with van der Waals surface area (Å²) in [5, 5.41) is 24.2. The van der Waals surface area contributed by atoms with Crippen molar-refractivity contribution in [2.45, 2.75) is 13.3 Å². The zero-order valence-corrected chi connectivity index (χ0v) is 27.8. The molecule has 0 unspecified atom stereocenters. The highest BCUT2D eigenvalue weighted by Gasteiger charge is 2.27. The van der Waals surface area contributed by atoms with Crippen LogP contribution in [0.1, 0.15) is 22.6 Å². The van der Waals surface area contributed by atoms with Crippen LogP contribution in [0, 0.1) is 6.92 Å². The molecule has 246 valence electrons. The van der Waals surface area contributed by atoms with Crippen molar-refractivity contribution in [3.05, 3.63) is 187 Å². The summed E-state index contributed by atoms with van der Waals surface area (Å²) in [5.41, 5.74) is 8.20. The van der Waals surface area contributed by atoms with Gasteiger partial charge < -0.3 is 15.2 Å². The summed E-state index contributed by atoms with van der Waals surface area (Å²) < 4.78 is 7.55. The van der Waals surface area contributed by atoms with Crippen LogP contribution in [0.2, 0.25) is 0 Å². The minimum absolute atomic E-state index is 0.463. The summed E-state index contributed by atoms with van der Waals surface area (Å²) in [4.78, 5) is 0. The van der Waals surface area contributed by atoms with Gasteiger partial charge in [-0.1, -0.05) is 120 Å². The van der Waals surface area contributed by atoms with Gasteiger partial charge in [0.25, 0.3) is 0 Å². The maximum Gasteiger partial charge on any atom is 0.180 e. The number of amidine groups is 1. The molecule has 0 saturated heterocycles. The van der Waals surface area contributed by atoms with Crippen LogP contribution in [0.5, 0.6) is 0 Å². The largest absolute Gasteiger partial charge is 0.380 e. The molecule has 7 aromatic rings. The summed E-state index contributed by atoms with van der Waals surface area (Å²) in [6.45, 7) is 6.41. The van der Waals surface area contributed by atoms with Gasteiger partial charge in [-0.3, -0.25) is 0 Å². The Kier molecular flexibility index (Phi) is 9.60. The number of anilines is 4. The maximum atomic E-state index is 5.55. The molecule has 0 aliphatic carbocycles. The van der Waals surface area contributed by atoms with Crippen LogP contribution in [0.15, 0.2) is 174 Å². The molecule has 0 fully saturated rings. The number of hydrogen-bond donors (Lipinski definition) is 2. The summed E-state index contributed by atoms with van der Waals surface area (Å²) in [6.07, 6.45) is 2.30. The molecule has 0 atom stereocenters. The van der Waals surface area contributed by atoms with E-state index in [0.29, 0.717) is 24.6 Å². The monoisotopic (exact) mass is 655 g/mol. The van der Waals surface area contributed by atoms with Crippen molar-refractivity contribution in [2.75, 3.05) is 22.2 Å². The van der Waals surface area contributed by atoms with E-state index in [-0.39, 0.29) is 0 Å². The molecule has 0 spiro atoms. The number of rotatable bonds is 12. The van der Waals surface area contributed by atoms with Crippen LogP contribution >= 0.6 is 0 Å². The Balaban J connectivity index is 1.49. The molecular formula is C42H37N7O. The summed E-state index contributed by atoms with van der Waals surface area (Å²) in [7, 11) is 0. The fraction of sp³-hybridized carbons (Fsp3) is 0.0714. The summed E-state index contributed by atoms with van der Waals surface area (Å²) in [5.74, 6) is 2.05. The van der Waals surface area contributed by atoms with Crippen LogP contribution in [0.25, 0.3) is 16.9 Å². The van der Waals surface area contributed by atoms with Gasteiger partial charge in [0.2, 0.25) is 0 Å². The van der Waals surface area contributed by atoms with Crippen molar-refractivity contribution in [2.24, 2.45) is 5.10 Å². The second-order valence-electron chi connectivity index (χ2n) is 11.7. The third-order valence-electron chi connectivity index (χ3n) is 8.11. The lowest BCUT2D eigenvalue weighted by atomic mass is 10.0. The number of para-hydroxylation sites is 4. The Labute approximate surface area is 292 Å². The average molecular weight is 656 g/mol. The van der Waals surface area contributed by atoms with E-state index in [4.69, 9.17) is 14.7 Å². The van der Waals surface area contributed by atoms with Crippen molar-refractivity contribution in [1.29, 1.82) is 0 Å². The molecule has 0 aliphatic heterocycles. The van der Waals surface area contributed by atoms with Crippen molar-refractivity contribution in [3.63, 3.8) is 0 Å². The Bertz CT molecular complexity index is 2190. The summed E-state index contributed by atoms with van der Waals surface area (Å²) >= 11 is 0. The number of nitrogens with one attached hydrogen (secondary N) is 2. The van der Waals surface area contributed by atoms with Gasteiger partial charge in [-0.15, -0.1) is 16.8 Å². The smallest absolute Gasteiger partial charge is 0.180 e. The maximum absolute atomic E-state index is 5.55. The predicted molar refractivity (Wildman–Crippen MR) is 203 cm³/mol. The average Bonchev–Trinajstić information content (AvgIpc) is 3.77. The second-order valence-corrected chi connectivity index (χ2v) is 11.7. The summed E-state index contributed by atoms with van der Waals surface area (Å²) in [6, 6.07) is 50.8. The van der Waals surface area contributed by atoms with E-state index in [1.54, 1.807) is 0 Å². The first kappa shape index (κ1) is 31.9. The van der Waals surface area contributed by atoms with Crippen molar-refractivity contribution < 1.29 is 4.52 Å². The van der Waals surface area contributed by atoms with Gasteiger partial charge in [0, 0.05) is 35.7 Å². The van der Waals surface area contributed by atoms with Crippen molar-refractivity contribution in [3.8, 4) is 16.9 Å². The normalized spacial score (nSPS) is 11.3. The topological polar surface area (TPSA) is 83.5 Å². The molecule has 0 bridgehead atoms. The molecule has 7 rings (SSSR count). The van der Waals surface area contributed by atoms with Crippen molar-refractivity contribution >= 4 is 28.7 Å². The Morgan fingerprint density at radius 3 is 2.08 bits per heavy atom. The van der Waals surface area contributed by atoms with Crippen LogP contribution in [0.4, 0.5) is 22.9 Å². The fourth-order valence-corrected chi connectivity index (χ4v) is 5.81. The van der Waals surface area contributed by atoms with E-state index in [0.717, 1.165) is 56.6 Å². The van der Waals surface area contributed by atoms with Crippen LogP contribution in [-0.2, 0) is 6.42 Å². The number of aryl methyl sites for hydroxylation is 1. The minimum atomic E-state index is 0.463. The van der Waals surface area contributed by atoms with Gasteiger partial charge >= 0.3 is 0 Å². The Morgan fingerprint density at radius 1 is 0.800 bits per heavy atom. The lowest BCUT2D eigenvalue weighted by Crippen LogP contribution is -2.22. The molecule has 0 saturated carbocycles. The van der Waals surface area contributed by atoms with Crippen LogP contribution in [0.3, 0.4) is 0 Å². The van der Waals surface area contributed by atoms with E-state index < -0.39 is 0 Å². The van der Waals surface area contributed by atoms with E-state index >= 15 is 0 Å². The lowest BCUT2D eigenvalue weighted by Gasteiger charge is -2.22. The highest BCUT2D eigenvalue weighted by atomic mass is 16.5. The van der Waals surface area contributed by atoms with Gasteiger partial charge in [0.05, 0.1) is 34.1 Å². The van der Waals surface area contributed by atoms with Gasteiger partial charge in [-0.2, -0.15) is 0 Å². The molecule has 8 nitrogen and oxygen atoms in total. The van der Waals surface area contributed by atoms with Crippen molar-refractivity contribution in [1.82, 2.24) is 14.9 Å². The first-order valence-corrected chi connectivity index (χ1v) is 16.5. The van der Waals surface area contributed by atoms with Gasteiger partial charge in [-0.05, 0) is 43.3 Å². The SMILES string of the molecule is C=CCNc1ccccc1N/C(=N/N(c1ccccc1)c1nn(-c2ccccc2)c(-c2ccccc2)c1Cc1cc(C)on1)c1ccccc1. The Morgan fingerprint density at radius 2 is 1.42 bits per heavy atom. The molecule has 2 aromatic heterocycles. The van der Waals surface area contributed by atoms with Gasteiger partial charge in [0.1, 0.15) is 5.76 Å². The first-order valence-electron chi connectivity index (χ1n) is 16.5. The molecule has 8 heteroatoms. The van der Waals surface area contributed by atoms with Gasteiger partial charge in [-0.25, -0.2) is 9.69 Å². The molecule has 0 amide bonds. The lowest BCUT2D eigenvalue weighted by molar-refractivity contribution is 0.392. The van der Waals surface area contributed by atoms with E-state index in [1.165, 1.54) is 0 Å². The zero-order valence-electron chi connectivity index (χ0n) is 27.8. The number of benzene rings is 5. The second kappa shape index (κ2) is 15.0. The first-order chi connectivity index (χ1) is 24.7. The number of hydrazone groups is 1.